The predicted molar refractivity (Wildman–Crippen MR) is 49.7 cm³/mol. The van der Waals surface area contributed by atoms with Crippen LogP contribution in [0.15, 0.2) is 0 Å². The molecule has 2 rings (SSSR count). The summed E-state index contributed by atoms with van der Waals surface area (Å²) in [4.78, 5) is 11.3. The number of carbonyl (C=O) groups excluding carboxylic acids is 1. The Bertz CT molecular complexity index is 420. The highest BCUT2D eigenvalue weighted by molar-refractivity contribution is 5.93. The van der Waals surface area contributed by atoms with Crippen molar-refractivity contribution in [1.82, 2.24) is 10.2 Å². The fourth-order valence-corrected chi connectivity index (χ4v) is 1.36. The number of rotatable bonds is 2. The summed E-state index contributed by atoms with van der Waals surface area (Å²) < 4.78 is 37.2. The Morgan fingerprint density at radius 2 is 2.12 bits per heavy atom. The molecule has 4 nitrogen and oxygen atoms in total. The first-order chi connectivity index (χ1) is 7.39. The molecule has 1 aliphatic rings. The van der Waals surface area contributed by atoms with Gasteiger partial charge in [-0.2, -0.15) is 18.3 Å². The lowest BCUT2D eigenvalue weighted by molar-refractivity contribution is -0.141. The molecule has 1 aromatic rings. The normalized spacial score (nSPS) is 16.2. The minimum absolute atomic E-state index is 0.0378. The number of H-pyrrole nitrogens is 1. The molecular weight excluding hydrogens is 223 g/mol. The van der Waals surface area contributed by atoms with Gasteiger partial charge in [-0.3, -0.25) is 9.89 Å². The monoisotopic (exact) mass is 233 g/mol. The molecule has 0 aliphatic heterocycles. The molecule has 0 radical (unpaired) electrons. The van der Waals surface area contributed by atoms with Crippen LogP contribution in [-0.2, 0) is 11.0 Å². The van der Waals surface area contributed by atoms with E-state index < -0.39 is 11.9 Å². The maximum atomic E-state index is 12.4. The van der Waals surface area contributed by atoms with Crippen molar-refractivity contribution in [2.24, 2.45) is 5.92 Å². The number of halogens is 3. The van der Waals surface area contributed by atoms with Crippen molar-refractivity contribution in [3.63, 3.8) is 0 Å². The highest BCUT2D eigenvalue weighted by Gasteiger charge is 2.37. The van der Waals surface area contributed by atoms with Gasteiger partial charge >= 0.3 is 6.18 Å². The van der Waals surface area contributed by atoms with Gasteiger partial charge in [-0.05, 0) is 19.8 Å². The number of anilines is 1. The van der Waals surface area contributed by atoms with Crippen LogP contribution in [0.5, 0.6) is 0 Å². The van der Waals surface area contributed by atoms with Crippen LogP contribution in [0.2, 0.25) is 0 Å². The Morgan fingerprint density at radius 1 is 1.50 bits per heavy atom. The number of nitrogens with zero attached hydrogens (tertiary/aromatic N) is 1. The molecule has 16 heavy (non-hydrogen) atoms. The van der Waals surface area contributed by atoms with Crippen molar-refractivity contribution in [3.05, 3.63) is 11.3 Å². The summed E-state index contributed by atoms with van der Waals surface area (Å²) in [6.07, 6.45) is -2.89. The van der Waals surface area contributed by atoms with Gasteiger partial charge in [0.15, 0.2) is 5.82 Å². The predicted octanol–water partition coefficient (Wildman–Crippen LogP) is 2.09. The zero-order valence-corrected chi connectivity index (χ0v) is 8.48. The molecular formula is C9H10F3N3O. The average Bonchev–Trinajstić information content (AvgIpc) is 2.92. The van der Waals surface area contributed by atoms with Crippen molar-refractivity contribution in [2.45, 2.75) is 25.9 Å². The lowest BCUT2D eigenvalue weighted by Gasteiger charge is -2.04. The minimum Gasteiger partial charge on any atom is -0.309 e. The van der Waals surface area contributed by atoms with Crippen LogP contribution >= 0.6 is 0 Å². The van der Waals surface area contributed by atoms with E-state index in [-0.39, 0.29) is 23.2 Å². The SMILES string of the molecule is Cc1c(NC(=O)C2CC2)n[nH]c1C(F)(F)F. The van der Waals surface area contributed by atoms with Gasteiger partial charge in [-0.15, -0.1) is 0 Å². The second kappa shape index (κ2) is 3.50. The molecule has 1 aliphatic carbocycles. The van der Waals surface area contributed by atoms with Crippen LogP contribution in [0.1, 0.15) is 24.1 Å². The van der Waals surface area contributed by atoms with E-state index in [1.54, 1.807) is 0 Å². The van der Waals surface area contributed by atoms with E-state index in [1.165, 1.54) is 6.92 Å². The van der Waals surface area contributed by atoms with Crippen LogP contribution in [0.3, 0.4) is 0 Å². The van der Waals surface area contributed by atoms with Gasteiger partial charge in [0.2, 0.25) is 5.91 Å². The summed E-state index contributed by atoms with van der Waals surface area (Å²) in [7, 11) is 0. The topological polar surface area (TPSA) is 57.8 Å². The lowest BCUT2D eigenvalue weighted by Crippen LogP contribution is -2.14. The molecule has 0 unspecified atom stereocenters. The Hall–Kier alpha value is -1.53. The molecule has 1 heterocycles. The number of aromatic amines is 1. The molecule has 1 amide bonds. The highest BCUT2D eigenvalue weighted by Crippen LogP contribution is 2.34. The van der Waals surface area contributed by atoms with Crippen LogP contribution < -0.4 is 5.32 Å². The maximum Gasteiger partial charge on any atom is 0.433 e. The molecule has 0 aromatic carbocycles. The largest absolute Gasteiger partial charge is 0.433 e. The van der Waals surface area contributed by atoms with Crippen LogP contribution in [-0.4, -0.2) is 16.1 Å². The zero-order valence-electron chi connectivity index (χ0n) is 8.48. The first-order valence-electron chi connectivity index (χ1n) is 4.82. The summed E-state index contributed by atoms with van der Waals surface area (Å²) >= 11 is 0. The first-order valence-corrected chi connectivity index (χ1v) is 4.82. The molecule has 7 heteroatoms. The maximum absolute atomic E-state index is 12.4. The summed E-state index contributed by atoms with van der Waals surface area (Å²) in [5.74, 6) is -0.363. The van der Waals surface area contributed by atoms with E-state index in [0.717, 1.165) is 12.8 Å². The molecule has 0 bridgehead atoms. The van der Waals surface area contributed by atoms with E-state index in [2.05, 4.69) is 10.4 Å². The van der Waals surface area contributed by atoms with Crippen molar-refractivity contribution in [1.29, 1.82) is 0 Å². The number of hydrogen-bond acceptors (Lipinski definition) is 2. The number of nitrogens with one attached hydrogen (secondary N) is 2. The second-order valence-electron chi connectivity index (χ2n) is 3.83. The number of hydrogen-bond donors (Lipinski definition) is 2. The van der Waals surface area contributed by atoms with Gasteiger partial charge in [0, 0.05) is 11.5 Å². The fourth-order valence-electron chi connectivity index (χ4n) is 1.36. The van der Waals surface area contributed by atoms with E-state index in [9.17, 15) is 18.0 Å². The van der Waals surface area contributed by atoms with Gasteiger partial charge in [0.05, 0.1) is 0 Å². The lowest BCUT2D eigenvalue weighted by atomic mass is 10.2. The van der Waals surface area contributed by atoms with Crippen molar-refractivity contribution < 1.29 is 18.0 Å². The summed E-state index contributed by atoms with van der Waals surface area (Å²) in [6.45, 7) is 1.27. The van der Waals surface area contributed by atoms with Gasteiger partial charge in [-0.1, -0.05) is 0 Å². The Labute approximate surface area is 89.2 Å². The molecule has 1 saturated carbocycles. The molecule has 0 saturated heterocycles. The van der Waals surface area contributed by atoms with E-state index >= 15 is 0 Å². The summed E-state index contributed by atoms with van der Waals surface area (Å²) in [5.41, 5.74) is -1.000. The zero-order chi connectivity index (χ0) is 11.9. The third-order valence-electron chi connectivity index (χ3n) is 2.48. The smallest absolute Gasteiger partial charge is 0.309 e. The molecule has 0 atom stereocenters. The highest BCUT2D eigenvalue weighted by atomic mass is 19.4. The molecule has 2 N–H and O–H groups in total. The van der Waals surface area contributed by atoms with Crippen molar-refractivity contribution >= 4 is 11.7 Å². The third-order valence-corrected chi connectivity index (χ3v) is 2.48. The van der Waals surface area contributed by atoms with Gasteiger partial charge in [0.25, 0.3) is 0 Å². The number of amides is 1. The first kappa shape index (κ1) is 11.0. The standard InChI is InChI=1S/C9H10F3N3O/c1-4-6(9(10,11)12)14-15-7(4)13-8(16)5-2-3-5/h5H,2-3H2,1H3,(H2,13,14,15,16). The van der Waals surface area contributed by atoms with Gasteiger partial charge in [-0.25, -0.2) is 0 Å². The Balaban J connectivity index is 2.16. The van der Waals surface area contributed by atoms with Crippen molar-refractivity contribution in [3.8, 4) is 0 Å². The van der Waals surface area contributed by atoms with Crippen LogP contribution in [0.4, 0.5) is 19.0 Å². The van der Waals surface area contributed by atoms with Crippen LogP contribution in [0.25, 0.3) is 0 Å². The van der Waals surface area contributed by atoms with E-state index in [1.807, 2.05) is 5.10 Å². The minimum atomic E-state index is -4.47. The molecule has 1 aromatic heterocycles. The average molecular weight is 233 g/mol. The second-order valence-corrected chi connectivity index (χ2v) is 3.83. The number of alkyl halides is 3. The Morgan fingerprint density at radius 3 is 2.56 bits per heavy atom. The van der Waals surface area contributed by atoms with Crippen molar-refractivity contribution in [2.75, 3.05) is 5.32 Å². The number of carbonyl (C=O) groups is 1. The fraction of sp³-hybridized carbons (Fsp3) is 0.556. The summed E-state index contributed by atoms with van der Waals surface area (Å²) in [6, 6.07) is 0. The number of aromatic nitrogens is 2. The van der Waals surface area contributed by atoms with Gasteiger partial charge in [0.1, 0.15) is 5.69 Å². The summed E-state index contributed by atoms with van der Waals surface area (Å²) in [5, 5.41) is 7.73. The Kier molecular flexibility index (Phi) is 2.40. The van der Waals surface area contributed by atoms with Crippen LogP contribution in [0, 0.1) is 12.8 Å². The molecule has 1 fully saturated rings. The quantitative estimate of drug-likeness (QED) is 0.821. The third kappa shape index (κ3) is 2.02. The molecule has 0 spiro atoms. The van der Waals surface area contributed by atoms with Gasteiger partial charge < -0.3 is 5.32 Å². The molecule has 88 valence electrons. The van der Waals surface area contributed by atoms with E-state index in [0.29, 0.717) is 0 Å². The van der Waals surface area contributed by atoms with E-state index in [4.69, 9.17) is 0 Å².